The number of rotatable bonds is 6. The first-order valence-corrected chi connectivity index (χ1v) is 7.52. The third kappa shape index (κ3) is 3.34. The molecule has 106 valence electrons. The van der Waals surface area contributed by atoms with E-state index in [0.717, 1.165) is 31.3 Å². The lowest BCUT2D eigenvalue weighted by Gasteiger charge is -2.27. The van der Waals surface area contributed by atoms with Crippen molar-refractivity contribution in [3.8, 4) is 0 Å². The smallest absolute Gasteiger partial charge is 0.240 e. The standard InChI is InChI=1S/C14H24N4O/c1-10(2)18(8-12-4-3-7-15-12)9-13-16-14(17-19-13)11-5-6-11/h10-12,15H,3-9H2,1-2H3. The third-order valence-corrected chi connectivity index (χ3v) is 4.11. The zero-order valence-electron chi connectivity index (χ0n) is 11.9. The van der Waals surface area contributed by atoms with Crippen LogP contribution in [0, 0.1) is 0 Å². The highest BCUT2D eigenvalue weighted by Gasteiger charge is 2.29. The Bertz CT molecular complexity index is 407. The maximum Gasteiger partial charge on any atom is 0.240 e. The molecule has 3 rings (SSSR count). The number of nitrogens with one attached hydrogen (secondary N) is 1. The number of hydrogen-bond donors (Lipinski definition) is 1. The molecule has 0 bridgehead atoms. The van der Waals surface area contributed by atoms with Gasteiger partial charge >= 0.3 is 0 Å². The molecule has 1 N–H and O–H groups in total. The summed E-state index contributed by atoms with van der Waals surface area (Å²) < 4.78 is 5.39. The summed E-state index contributed by atoms with van der Waals surface area (Å²) in [5.41, 5.74) is 0. The van der Waals surface area contributed by atoms with Crippen molar-refractivity contribution in [3.05, 3.63) is 11.7 Å². The highest BCUT2D eigenvalue weighted by Crippen LogP contribution is 2.38. The summed E-state index contributed by atoms with van der Waals surface area (Å²) in [6.07, 6.45) is 5.01. The van der Waals surface area contributed by atoms with Gasteiger partial charge in [0.2, 0.25) is 5.89 Å². The zero-order chi connectivity index (χ0) is 13.2. The fraction of sp³-hybridized carbons (Fsp3) is 0.857. The molecule has 5 nitrogen and oxygen atoms in total. The molecule has 2 heterocycles. The van der Waals surface area contributed by atoms with Crippen LogP contribution >= 0.6 is 0 Å². The first kappa shape index (κ1) is 13.1. The number of nitrogens with zero attached hydrogens (tertiary/aromatic N) is 3. The van der Waals surface area contributed by atoms with Crippen LogP contribution in [0.15, 0.2) is 4.52 Å². The van der Waals surface area contributed by atoms with Gasteiger partial charge in [-0.3, -0.25) is 4.90 Å². The fourth-order valence-corrected chi connectivity index (χ4v) is 2.67. The molecule has 1 aromatic heterocycles. The van der Waals surface area contributed by atoms with Gasteiger partial charge in [-0.25, -0.2) is 0 Å². The van der Waals surface area contributed by atoms with Crippen LogP contribution in [0.2, 0.25) is 0 Å². The van der Waals surface area contributed by atoms with Crippen LogP contribution in [0.1, 0.15) is 57.2 Å². The quantitative estimate of drug-likeness (QED) is 0.850. The summed E-state index contributed by atoms with van der Waals surface area (Å²) in [6.45, 7) is 7.46. The van der Waals surface area contributed by atoms with E-state index in [1.54, 1.807) is 0 Å². The Labute approximate surface area is 114 Å². The van der Waals surface area contributed by atoms with Crippen molar-refractivity contribution < 1.29 is 4.52 Å². The van der Waals surface area contributed by atoms with Crippen molar-refractivity contribution in [2.75, 3.05) is 13.1 Å². The summed E-state index contributed by atoms with van der Waals surface area (Å²) in [4.78, 5) is 6.95. The highest BCUT2D eigenvalue weighted by molar-refractivity contribution is 5.03. The topological polar surface area (TPSA) is 54.2 Å². The lowest BCUT2D eigenvalue weighted by atomic mass is 10.2. The average molecular weight is 264 g/mol. The average Bonchev–Trinajstić information content (AvgIpc) is 2.91. The van der Waals surface area contributed by atoms with Gasteiger partial charge in [-0.2, -0.15) is 4.98 Å². The van der Waals surface area contributed by atoms with Gasteiger partial charge in [0, 0.05) is 24.5 Å². The third-order valence-electron chi connectivity index (χ3n) is 4.11. The molecule has 19 heavy (non-hydrogen) atoms. The lowest BCUT2D eigenvalue weighted by Crippen LogP contribution is -2.40. The maximum atomic E-state index is 5.39. The van der Waals surface area contributed by atoms with Gasteiger partial charge in [0.05, 0.1) is 6.54 Å². The Morgan fingerprint density at radius 2 is 2.21 bits per heavy atom. The predicted octanol–water partition coefficient (Wildman–Crippen LogP) is 1.91. The molecule has 1 aliphatic heterocycles. The van der Waals surface area contributed by atoms with E-state index in [-0.39, 0.29) is 0 Å². The summed E-state index contributed by atoms with van der Waals surface area (Å²) in [6, 6.07) is 1.12. The van der Waals surface area contributed by atoms with Crippen molar-refractivity contribution in [2.45, 2.75) is 64.1 Å². The molecular formula is C14H24N4O. The van der Waals surface area contributed by atoms with Crippen molar-refractivity contribution in [1.82, 2.24) is 20.4 Å². The largest absolute Gasteiger partial charge is 0.338 e. The van der Waals surface area contributed by atoms with Gasteiger partial charge in [-0.15, -0.1) is 0 Å². The molecule has 1 unspecified atom stereocenters. The molecule has 0 spiro atoms. The SMILES string of the molecule is CC(C)N(Cc1nc(C2CC2)no1)CC1CCCN1. The minimum absolute atomic E-state index is 0.499. The van der Waals surface area contributed by atoms with Crippen LogP contribution < -0.4 is 5.32 Å². The van der Waals surface area contributed by atoms with Crippen molar-refractivity contribution in [1.29, 1.82) is 0 Å². The molecule has 1 saturated carbocycles. The molecule has 2 fully saturated rings. The second-order valence-electron chi connectivity index (χ2n) is 6.14. The maximum absolute atomic E-state index is 5.39. The molecule has 0 radical (unpaired) electrons. The summed E-state index contributed by atoms with van der Waals surface area (Å²) in [7, 11) is 0. The fourth-order valence-electron chi connectivity index (χ4n) is 2.67. The van der Waals surface area contributed by atoms with Gasteiger partial charge in [-0.05, 0) is 46.1 Å². The minimum Gasteiger partial charge on any atom is -0.338 e. The molecule has 1 saturated heterocycles. The van der Waals surface area contributed by atoms with E-state index in [2.05, 4.69) is 34.2 Å². The van der Waals surface area contributed by atoms with Crippen molar-refractivity contribution >= 4 is 0 Å². The van der Waals surface area contributed by atoms with E-state index >= 15 is 0 Å². The Morgan fingerprint density at radius 3 is 2.84 bits per heavy atom. The Kier molecular flexibility index (Phi) is 3.84. The molecule has 1 atom stereocenters. The van der Waals surface area contributed by atoms with Gasteiger partial charge in [0.25, 0.3) is 0 Å². The van der Waals surface area contributed by atoms with Crippen molar-refractivity contribution in [2.24, 2.45) is 0 Å². The second-order valence-corrected chi connectivity index (χ2v) is 6.14. The van der Waals surface area contributed by atoms with Crippen LogP contribution in [-0.4, -0.2) is 40.2 Å². The molecule has 1 aliphatic carbocycles. The van der Waals surface area contributed by atoms with Gasteiger partial charge in [-0.1, -0.05) is 5.16 Å². The highest BCUT2D eigenvalue weighted by atomic mass is 16.5. The van der Waals surface area contributed by atoms with Crippen LogP contribution in [0.25, 0.3) is 0 Å². The molecule has 0 aromatic carbocycles. The second kappa shape index (κ2) is 5.59. The van der Waals surface area contributed by atoms with E-state index in [0.29, 0.717) is 18.0 Å². The number of hydrogen-bond acceptors (Lipinski definition) is 5. The van der Waals surface area contributed by atoms with E-state index in [9.17, 15) is 0 Å². The van der Waals surface area contributed by atoms with Gasteiger partial charge in [0.1, 0.15) is 0 Å². The predicted molar refractivity (Wildman–Crippen MR) is 72.8 cm³/mol. The lowest BCUT2D eigenvalue weighted by molar-refractivity contribution is 0.170. The van der Waals surface area contributed by atoms with Gasteiger partial charge in [0.15, 0.2) is 5.82 Å². The molecule has 1 aromatic rings. The molecule has 2 aliphatic rings. The first-order valence-electron chi connectivity index (χ1n) is 7.52. The van der Waals surface area contributed by atoms with E-state index in [1.165, 1.54) is 25.7 Å². The van der Waals surface area contributed by atoms with Crippen molar-refractivity contribution in [3.63, 3.8) is 0 Å². The van der Waals surface area contributed by atoms with Gasteiger partial charge < -0.3 is 9.84 Å². The summed E-state index contributed by atoms with van der Waals surface area (Å²) >= 11 is 0. The number of aromatic nitrogens is 2. The normalized spacial score (nSPS) is 23.7. The van der Waals surface area contributed by atoms with Crippen LogP contribution in [0.4, 0.5) is 0 Å². The summed E-state index contributed by atoms with van der Waals surface area (Å²) in [5, 5.41) is 7.65. The zero-order valence-corrected chi connectivity index (χ0v) is 11.9. The monoisotopic (exact) mass is 264 g/mol. The summed E-state index contributed by atoms with van der Waals surface area (Å²) in [5.74, 6) is 2.26. The van der Waals surface area contributed by atoms with Crippen LogP contribution in [0.3, 0.4) is 0 Å². The molecule has 5 heteroatoms. The van der Waals surface area contributed by atoms with E-state index < -0.39 is 0 Å². The van der Waals surface area contributed by atoms with E-state index in [4.69, 9.17) is 4.52 Å². The Hall–Kier alpha value is -0.940. The molecule has 0 amide bonds. The minimum atomic E-state index is 0.499. The first-order chi connectivity index (χ1) is 9.22. The van der Waals surface area contributed by atoms with E-state index in [1.807, 2.05) is 0 Å². The Balaban J connectivity index is 1.59. The van der Waals surface area contributed by atoms with Crippen LogP contribution in [-0.2, 0) is 6.54 Å². The Morgan fingerprint density at radius 1 is 1.37 bits per heavy atom. The van der Waals surface area contributed by atoms with Crippen LogP contribution in [0.5, 0.6) is 0 Å². The molecular weight excluding hydrogens is 240 g/mol.